The van der Waals surface area contributed by atoms with Gasteiger partial charge in [0.15, 0.2) is 0 Å². The Balaban J connectivity index is 2.13. The lowest BCUT2D eigenvalue weighted by Gasteiger charge is -2.26. The normalized spacial score (nSPS) is 15.4. The quantitative estimate of drug-likeness (QED) is 0.459. The number of carbonyl (C=O) groups excluding carboxylic acids is 2. The molecule has 30 heavy (non-hydrogen) atoms. The van der Waals surface area contributed by atoms with E-state index >= 15 is 0 Å². The van der Waals surface area contributed by atoms with Gasteiger partial charge in [-0.05, 0) is 39.2 Å². The fraction of sp³-hybridized carbons (Fsp3) is 0.550. The molecule has 2 amide bonds. The van der Waals surface area contributed by atoms with E-state index < -0.39 is 27.8 Å². The van der Waals surface area contributed by atoms with Gasteiger partial charge in [-0.1, -0.05) is 24.3 Å². The first kappa shape index (κ1) is 23.7. The Bertz CT molecular complexity index is 885. The summed E-state index contributed by atoms with van der Waals surface area (Å²) in [6, 6.07) is 5.82. The summed E-state index contributed by atoms with van der Waals surface area (Å²) in [5.74, 6) is -0.394. The van der Waals surface area contributed by atoms with E-state index in [0.717, 1.165) is 24.7 Å². The van der Waals surface area contributed by atoms with Gasteiger partial charge in [0.05, 0.1) is 6.26 Å². The van der Waals surface area contributed by atoms with E-state index in [4.69, 9.17) is 10.1 Å². The van der Waals surface area contributed by atoms with Gasteiger partial charge in [-0.3, -0.25) is 14.9 Å². The molecule has 1 heterocycles. The molecule has 3 N–H and O–H groups in total. The van der Waals surface area contributed by atoms with Crippen LogP contribution in [0.1, 0.15) is 44.7 Å². The van der Waals surface area contributed by atoms with E-state index in [9.17, 15) is 18.0 Å². The third-order valence-electron chi connectivity index (χ3n) is 4.38. The van der Waals surface area contributed by atoms with Crippen LogP contribution >= 0.6 is 0 Å². The number of amides is 2. The van der Waals surface area contributed by atoms with Crippen molar-refractivity contribution in [3.63, 3.8) is 0 Å². The molecule has 1 aliphatic rings. The summed E-state index contributed by atoms with van der Waals surface area (Å²) in [5, 5.41) is 10.5. The highest BCUT2D eigenvalue weighted by atomic mass is 32.2. The lowest BCUT2D eigenvalue weighted by Crippen LogP contribution is -2.50. The van der Waals surface area contributed by atoms with Crippen LogP contribution in [0.15, 0.2) is 24.3 Å². The zero-order valence-corrected chi connectivity index (χ0v) is 18.6. The average Bonchev–Trinajstić information content (AvgIpc) is 3.12. The summed E-state index contributed by atoms with van der Waals surface area (Å²) in [6.45, 7) is 6.59. The van der Waals surface area contributed by atoms with Crippen molar-refractivity contribution in [1.82, 2.24) is 14.9 Å². The minimum absolute atomic E-state index is 0.158. The van der Waals surface area contributed by atoms with Crippen LogP contribution < -0.4 is 10.0 Å². The number of benzene rings is 1. The van der Waals surface area contributed by atoms with Crippen LogP contribution in [0, 0.1) is 5.41 Å². The monoisotopic (exact) mass is 438 g/mol. The molecule has 1 aromatic rings. The lowest BCUT2D eigenvalue weighted by atomic mass is 10.0. The van der Waals surface area contributed by atoms with Gasteiger partial charge in [0.25, 0.3) is 0 Å². The predicted molar refractivity (Wildman–Crippen MR) is 114 cm³/mol. The molecule has 10 heteroatoms. The van der Waals surface area contributed by atoms with E-state index in [1.807, 2.05) is 0 Å². The second kappa shape index (κ2) is 9.46. The summed E-state index contributed by atoms with van der Waals surface area (Å²) in [6.07, 6.45) is 2.45. The van der Waals surface area contributed by atoms with Crippen LogP contribution in [0.5, 0.6) is 0 Å². The van der Waals surface area contributed by atoms with E-state index in [1.165, 1.54) is 0 Å². The van der Waals surface area contributed by atoms with Crippen LogP contribution in [-0.4, -0.2) is 62.1 Å². The third kappa shape index (κ3) is 7.66. The van der Waals surface area contributed by atoms with Gasteiger partial charge in [0.1, 0.15) is 17.5 Å². The average molecular weight is 439 g/mol. The lowest BCUT2D eigenvalue weighted by molar-refractivity contribution is -0.132. The van der Waals surface area contributed by atoms with Crippen LogP contribution in [0.3, 0.4) is 0 Å². The molecule has 2 rings (SSSR count). The molecule has 1 atom stereocenters. The summed E-state index contributed by atoms with van der Waals surface area (Å²) < 4.78 is 30.0. The number of nitrogens with one attached hydrogen (secondary N) is 3. The predicted octanol–water partition coefficient (Wildman–Crippen LogP) is 1.62. The molecule has 9 nitrogen and oxygen atoms in total. The highest BCUT2D eigenvalue weighted by Crippen LogP contribution is 2.14. The third-order valence-corrected chi connectivity index (χ3v) is 4.95. The molecule has 1 fully saturated rings. The van der Waals surface area contributed by atoms with E-state index in [1.54, 1.807) is 49.9 Å². The maximum Gasteiger partial charge on any atom is 0.408 e. The molecule has 1 aromatic carbocycles. The minimum Gasteiger partial charge on any atom is -0.444 e. The Morgan fingerprint density at radius 1 is 1.17 bits per heavy atom. The van der Waals surface area contributed by atoms with Gasteiger partial charge in [-0.2, -0.15) is 0 Å². The van der Waals surface area contributed by atoms with Gasteiger partial charge in [0.2, 0.25) is 15.9 Å². The van der Waals surface area contributed by atoms with Gasteiger partial charge >= 0.3 is 6.09 Å². The van der Waals surface area contributed by atoms with Crippen molar-refractivity contribution in [2.24, 2.45) is 0 Å². The molecule has 1 unspecified atom stereocenters. The van der Waals surface area contributed by atoms with Gasteiger partial charge < -0.3 is 15.0 Å². The first-order valence-corrected chi connectivity index (χ1v) is 11.7. The van der Waals surface area contributed by atoms with Crippen molar-refractivity contribution in [3.8, 4) is 0 Å². The van der Waals surface area contributed by atoms with Crippen molar-refractivity contribution in [3.05, 3.63) is 35.4 Å². The van der Waals surface area contributed by atoms with Crippen molar-refractivity contribution in [1.29, 1.82) is 5.41 Å². The Hall–Kier alpha value is -2.62. The van der Waals surface area contributed by atoms with E-state index in [2.05, 4.69) is 10.0 Å². The van der Waals surface area contributed by atoms with Gasteiger partial charge in [-0.15, -0.1) is 0 Å². The molecular weight excluding hydrogens is 408 g/mol. The molecular formula is C20H30N4O5S. The number of ether oxygens (including phenoxy) is 1. The topological polar surface area (TPSA) is 129 Å². The van der Waals surface area contributed by atoms with Gasteiger partial charge in [-0.25, -0.2) is 13.2 Å². The summed E-state index contributed by atoms with van der Waals surface area (Å²) >= 11 is 0. The number of carbonyl (C=O) groups is 2. The summed E-state index contributed by atoms with van der Waals surface area (Å²) in [5.41, 5.74) is 0.478. The van der Waals surface area contributed by atoms with Gasteiger partial charge in [0, 0.05) is 25.1 Å². The first-order chi connectivity index (χ1) is 13.8. The molecule has 0 bridgehead atoms. The van der Waals surface area contributed by atoms with E-state index in [-0.39, 0.29) is 18.2 Å². The number of likely N-dealkylation sites (tertiary alicyclic amines) is 1. The number of rotatable bonds is 6. The number of sulfonamides is 1. The zero-order chi connectivity index (χ0) is 22.5. The van der Waals surface area contributed by atoms with Crippen molar-refractivity contribution in [2.75, 3.05) is 19.3 Å². The van der Waals surface area contributed by atoms with Crippen molar-refractivity contribution in [2.45, 2.75) is 51.7 Å². The Labute approximate surface area is 177 Å². The number of hydrogen-bond donors (Lipinski definition) is 3. The molecule has 166 valence electrons. The highest BCUT2D eigenvalue weighted by Gasteiger charge is 2.29. The van der Waals surface area contributed by atoms with Crippen LogP contribution in [0.4, 0.5) is 4.79 Å². The Kier molecular flexibility index (Phi) is 7.46. The molecule has 0 spiro atoms. The molecule has 1 aliphatic heterocycles. The zero-order valence-electron chi connectivity index (χ0n) is 17.8. The van der Waals surface area contributed by atoms with Crippen molar-refractivity contribution < 1.29 is 22.7 Å². The Morgan fingerprint density at radius 3 is 2.23 bits per heavy atom. The SMILES string of the molecule is CC(C)(C)OC(=O)NC(Cc1ccc(C(=N)NS(C)(=O)=O)cc1)C(=O)N1CCCC1. The minimum atomic E-state index is -3.54. The first-order valence-electron chi connectivity index (χ1n) is 9.78. The number of nitrogens with zero attached hydrogens (tertiary/aromatic N) is 1. The van der Waals surface area contributed by atoms with Crippen LogP contribution in [-0.2, 0) is 26.0 Å². The number of hydrogen-bond acceptors (Lipinski definition) is 6. The largest absolute Gasteiger partial charge is 0.444 e. The number of amidine groups is 1. The van der Waals surface area contributed by atoms with Crippen LogP contribution in [0.25, 0.3) is 0 Å². The summed E-state index contributed by atoms with van der Waals surface area (Å²) in [4.78, 5) is 26.9. The molecule has 0 saturated carbocycles. The highest BCUT2D eigenvalue weighted by molar-refractivity contribution is 7.89. The standard InChI is InChI=1S/C20H30N4O5S/c1-20(2,3)29-19(26)22-16(18(25)24-11-5-6-12-24)13-14-7-9-15(10-8-14)17(21)23-30(4,27)28/h7-10,16H,5-6,11-13H2,1-4H3,(H2,21,23)(H,22,26). The second-order valence-corrected chi connectivity index (χ2v) is 10.1. The fourth-order valence-electron chi connectivity index (χ4n) is 3.10. The van der Waals surface area contributed by atoms with E-state index in [0.29, 0.717) is 18.7 Å². The number of alkyl carbamates (subject to hydrolysis) is 1. The fourth-order valence-corrected chi connectivity index (χ4v) is 3.58. The maximum atomic E-state index is 12.9. The van der Waals surface area contributed by atoms with Crippen LogP contribution in [0.2, 0.25) is 0 Å². The molecule has 0 radical (unpaired) electrons. The summed E-state index contributed by atoms with van der Waals surface area (Å²) in [7, 11) is -3.54. The Morgan fingerprint density at radius 2 is 1.73 bits per heavy atom. The molecule has 0 aliphatic carbocycles. The maximum absolute atomic E-state index is 12.9. The second-order valence-electron chi connectivity index (χ2n) is 8.38. The molecule has 1 saturated heterocycles. The smallest absolute Gasteiger partial charge is 0.408 e. The van der Waals surface area contributed by atoms with Crippen molar-refractivity contribution >= 4 is 27.9 Å². The molecule has 0 aromatic heterocycles.